The molecule has 0 amide bonds. The Hall–Kier alpha value is -7.13. The number of hydrogen-bond acceptors (Lipinski definition) is 3. The summed E-state index contributed by atoms with van der Waals surface area (Å²) in [6.07, 6.45) is 1.78. The van der Waals surface area contributed by atoms with Crippen LogP contribution in [0.4, 0.5) is 0 Å². The van der Waals surface area contributed by atoms with E-state index >= 15 is 0 Å². The molecule has 0 fully saturated rings. The standard InChI is InChI=1S/C61H49N3O.Pt/c1-39(2)52-37-54(46-21-14-9-15-22-46)58(38-53(52)45-19-12-8-13-20-45)64-57-24-16-23-51(59(57)63-61(64)55-32-41(4)31-42(5)60(55)65-6)49-33-48(43-17-10-7-11-18-43)34-50(35-49)56-36-47(29-30-62-56)44-27-25-40(3)26-28-44;/h7-34,36-39H,6H2,1-5H3;/q-2;+2/i3D3,39D;. The first kappa shape index (κ1) is 39.3. The molecule has 10 rings (SSSR count). The van der Waals surface area contributed by atoms with E-state index in [2.05, 4.69) is 116 Å². The van der Waals surface area contributed by atoms with Crippen molar-refractivity contribution in [3.8, 4) is 89.7 Å². The van der Waals surface area contributed by atoms with Crippen LogP contribution in [-0.2, 0) is 21.1 Å². The molecule has 8 aromatic carbocycles. The quantitative estimate of drug-likeness (QED) is 0.128. The summed E-state index contributed by atoms with van der Waals surface area (Å²) in [7, 11) is 3.94. The molecule has 2 heterocycles. The number of aromatic nitrogens is 3. The zero-order valence-corrected chi connectivity index (χ0v) is 39.4. The SMILES string of the molecule is [2H]C([2H])([2H])c1ccc(-c2ccnc(-c3[c-]c(-c4cccc5c4nc(-c4cc(C)cc(C)c4O[CH2-])n5-c4cc(-c5ccccc5)c(C([2H])(C)C)cc4-c4ccccc4)cc(-c4ccccc4)c3)c2)cc1.[Pt+2]. The molecule has 66 heavy (non-hydrogen) atoms. The van der Waals surface area contributed by atoms with Crippen LogP contribution >= 0.6 is 0 Å². The Morgan fingerprint density at radius 1 is 0.591 bits per heavy atom. The van der Waals surface area contributed by atoms with Crippen LogP contribution in [0.1, 0.15) is 47.5 Å². The van der Waals surface area contributed by atoms with Gasteiger partial charge >= 0.3 is 21.1 Å². The number of imidazole rings is 1. The molecule has 0 saturated carbocycles. The van der Waals surface area contributed by atoms with E-state index in [4.69, 9.17) is 18.8 Å². The van der Waals surface area contributed by atoms with Crippen molar-refractivity contribution < 1.29 is 31.3 Å². The Bertz CT molecular complexity index is 3510. The molecule has 2 aromatic heterocycles. The normalized spacial score (nSPS) is 12.4. The summed E-state index contributed by atoms with van der Waals surface area (Å²) >= 11 is 0. The van der Waals surface area contributed by atoms with Crippen LogP contribution in [0.2, 0.25) is 0 Å². The van der Waals surface area contributed by atoms with Gasteiger partial charge in [0.05, 0.1) is 28.0 Å². The number of rotatable bonds is 10. The fourth-order valence-corrected chi connectivity index (χ4v) is 9.02. The van der Waals surface area contributed by atoms with Crippen LogP contribution in [0.15, 0.2) is 188 Å². The Morgan fingerprint density at radius 2 is 1.24 bits per heavy atom. The van der Waals surface area contributed by atoms with E-state index in [0.717, 1.165) is 106 Å². The molecule has 324 valence electrons. The molecule has 0 spiro atoms. The predicted octanol–water partition coefficient (Wildman–Crippen LogP) is 16.1. The van der Waals surface area contributed by atoms with Crippen LogP contribution in [0.3, 0.4) is 0 Å². The zero-order chi connectivity index (χ0) is 48.0. The number of pyridine rings is 1. The van der Waals surface area contributed by atoms with Crippen molar-refractivity contribution in [3.63, 3.8) is 0 Å². The van der Waals surface area contributed by atoms with E-state index < -0.39 is 12.7 Å². The number of para-hydroxylation sites is 1. The number of fused-ring (bicyclic) bond motifs is 1. The number of nitrogens with zero attached hydrogens (tertiary/aromatic N) is 3. The van der Waals surface area contributed by atoms with Gasteiger partial charge in [0, 0.05) is 22.9 Å². The fraction of sp³-hybridized carbons (Fsp3) is 0.0984. The maximum atomic E-state index is 9.47. The fourth-order valence-electron chi connectivity index (χ4n) is 9.02. The second kappa shape index (κ2) is 18.8. The van der Waals surface area contributed by atoms with Crippen LogP contribution in [-0.4, -0.2) is 14.5 Å². The zero-order valence-electron chi connectivity index (χ0n) is 41.2. The molecule has 10 aromatic rings. The van der Waals surface area contributed by atoms with Crippen molar-refractivity contribution in [1.82, 2.24) is 14.5 Å². The van der Waals surface area contributed by atoms with Crippen LogP contribution in [0.25, 0.3) is 95.0 Å². The molecule has 0 radical (unpaired) electrons. The molecule has 0 bridgehead atoms. The Kier molecular flexibility index (Phi) is 11.2. The number of benzene rings is 8. The third kappa shape index (κ3) is 8.46. The van der Waals surface area contributed by atoms with Gasteiger partial charge in [-0.1, -0.05) is 176 Å². The largest absolute Gasteiger partial charge is 2.00 e. The average molecular weight is 1040 g/mol. The Balaban J connectivity index is 0.00000608. The van der Waals surface area contributed by atoms with E-state index in [1.807, 2.05) is 99.6 Å². The number of aryl methyl sites for hydroxylation is 3. The first-order valence-corrected chi connectivity index (χ1v) is 21.8. The number of hydrogen-bond donors (Lipinski definition) is 0. The summed E-state index contributed by atoms with van der Waals surface area (Å²) in [6, 6.07) is 64.9. The average Bonchev–Trinajstić information content (AvgIpc) is 3.76. The first-order valence-electron chi connectivity index (χ1n) is 23.8. The second-order valence-corrected chi connectivity index (χ2v) is 16.8. The molecular weight excluding hydrogens is 986 g/mol. The molecule has 0 unspecified atom stereocenters. The van der Waals surface area contributed by atoms with Crippen molar-refractivity contribution in [2.24, 2.45) is 0 Å². The van der Waals surface area contributed by atoms with Gasteiger partial charge in [-0.2, -0.15) is 7.11 Å². The van der Waals surface area contributed by atoms with Gasteiger partial charge in [0.25, 0.3) is 0 Å². The minimum atomic E-state index is -2.19. The Labute approximate surface area is 408 Å². The molecule has 5 heteroatoms. The van der Waals surface area contributed by atoms with Gasteiger partial charge in [-0.15, -0.1) is 23.8 Å². The molecule has 0 N–H and O–H groups in total. The minimum Gasteiger partial charge on any atom is -0.665 e. The molecular formula is C61H49N3OPt. The van der Waals surface area contributed by atoms with Crippen LogP contribution in [0, 0.1) is 33.9 Å². The van der Waals surface area contributed by atoms with E-state index in [1.165, 1.54) is 0 Å². The smallest absolute Gasteiger partial charge is 0.665 e. The third-order valence-corrected chi connectivity index (χ3v) is 12.1. The van der Waals surface area contributed by atoms with Gasteiger partial charge in [-0.3, -0.25) is 9.55 Å². The summed E-state index contributed by atoms with van der Waals surface area (Å²) in [5.74, 6) is 0.375. The summed E-state index contributed by atoms with van der Waals surface area (Å²) in [5, 5.41) is 0. The molecule has 0 atom stereocenters. The van der Waals surface area contributed by atoms with Crippen molar-refractivity contribution in [3.05, 3.63) is 224 Å². The van der Waals surface area contributed by atoms with Crippen molar-refractivity contribution >= 4 is 11.0 Å². The topological polar surface area (TPSA) is 39.9 Å². The molecule has 4 nitrogen and oxygen atoms in total. The van der Waals surface area contributed by atoms with E-state index in [1.54, 1.807) is 18.3 Å². The van der Waals surface area contributed by atoms with Gasteiger partial charge in [0.15, 0.2) is 0 Å². The molecule has 0 aliphatic heterocycles. The van der Waals surface area contributed by atoms with Crippen molar-refractivity contribution in [2.75, 3.05) is 0 Å². The predicted molar refractivity (Wildman–Crippen MR) is 270 cm³/mol. The van der Waals surface area contributed by atoms with Crippen molar-refractivity contribution in [1.29, 1.82) is 0 Å². The third-order valence-electron chi connectivity index (χ3n) is 12.1. The number of ether oxygens (including phenoxy) is 1. The summed E-state index contributed by atoms with van der Waals surface area (Å²) in [5.41, 5.74) is 17.5. The second-order valence-electron chi connectivity index (χ2n) is 16.8. The molecule has 0 aliphatic carbocycles. The molecule has 0 saturated heterocycles. The van der Waals surface area contributed by atoms with Crippen LogP contribution < -0.4 is 4.74 Å². The maximum Gasteiger partial charge on any atom is 2.00 e. The first-order chi connectivity index (χ1) is 33.2. The van der Waals surface area contributed by atoms with Crippen molar-refractivity contribution in [2.45, 2.75) is 40.4 Å². The van der Waals surface area contributed by atoms with E-state index in [9.17, 15) is 1.37 Å². The summed E-state index contributed by atoms with van der Waals surface area (Å²) in [6.45, 7) is 5.81. The van der Waals surface area contributed by atoms with E-state index in [0.29, 0.717) is 17.1 Å². The van der Waals surface area contributed by atoms with Gasteiger partial charge in [0.2, 0.25) is 0 Å². The summed E-state index contributed by atoms with van der Waals surface area (Å²) in [4.78, 5) is 10.5. The van der Waals surface area contributed by atoms with Gasteiger partial charge in [-0.25, -0.2) is 4.98 Å². The van der Waals surface area contributed by atoms with Crippen LogP contribution in [0.5, 0.6) is 5.75 Å². The van der Waals surface area contributed by atoms with Gasteiger partial charge in [-0.05, 0) is 107 Å². The summed E-state index contributed by atoms with van der Waals surface area (Å²) < 4.78 is 41.3. The van der Waals surface area contributed by atoms with Gasteiger partial charge in [0.1, 0.15) is 5.82 Å². The Morgan fingerprint density at radius 3 is 1.91 bits per heavy atom. The van der Waals surface area contributed by atoms with Gasteiger partial charge < -0.3 is 4.74 Å². The maximum absolute atomic E-state index is 9.47. The van der Waals surface area contributed by atoms with E-state index in [-0.39, 0.29) is 21.1 Å². The monoisotopic (exact) mass is 1040 g/mol. The minimum absolute atomic E-state index is 0. The molecule has 0 aliphatic rings.